The Labute approximate surface area is 144 Å². The van der Waals surface area contributed by atoms with Gasteiger partial charge in [0.05, 0.1) is 12.3 Å². The third kappa shape index (κ3) is 3.61. The molecule has 24 heavy (non-hydrogen) atoms. The molecular formula is C19H29N3O2. The van der Waals surface area contributed by atoms with Crippen molar-refractivity contribution in [2.24, 2.45) is 0 Å². The molecule has 1 atom stereocenters. The molecule has 1 aliphatic carbocycles. The van der Waals surface area contributed by atoms with E-state index in [2.05, 4.69) is 10.2 Å². The lowest BCUT2D eigenvalue weighted by molar-refractivity contribution is 0.149. The molecule has 3 heterocycles. The Bertz CT molecular complexity index is 533. The lowest BCUT2D eigenvalue weighted by Crippen LogP contribution is -2.50. The van der Waals surface area contributed by atoms with Gasteiger partial charge in [0.2, 0.25) is 0 Å². The third-order valence-corrected chi connectivity index (χ3v) is 5.81. The summed E-state index contributed by atoms with van der Waals surface area (Å²) in [6.45, 7) is 3.10. The van der Waals surface area contributed by atoms with Gasteiger partial charge in [-0.25, -0.2) is 4.79 Å². The molecule has 3 aliphatic rings. The standard InChI is InChI=1S/C19H29N3O2/c23-19(20-15-9-12-21(13-10-15)16-7-8-16)22-11-3-1-2-5-17(22)18-6-4-14-24-18/h4,6,14-17H,1-3,5,7-13H2,(H,20,23)/t17-/m1/s1. The van der Waals surface area contributed by atoms with E-state index < -0.39 is 0 Å². The predicted octanol–water partition coefficient (Wildman–Crippen LogP) is 3.53. The molecule has 0 radical (unpaired) electrons. The van der Waals surface area contributed by atoms with E-state index in [9.17, 15) is 4.79 Å². The summed E-state index contributed by atoms with van der Waals surface area (Å²) in [7, 11) is 0. The summed E-state index contributed by atoms with van der Waals surface area (Å²) in [6, 6.07) is 5.29. The van der Waals surface area contributed by atoms with Crippen molar-refractivity contribution in [3.63, 3.8) is 0 Å². The second kappa shape index (κ2) is 7.18. The van der Waals surface area contributed by atoms with Crippen molar-refractivity contribution in [2.45, 2.75) is 69.5 Å². The van der Waals surface area contributed by atoms with Gasteiger partial charge in [-0.15, -0.1) is 0 Å². The lowest BCUT2D eigenvalue weighted by Gasteiger charge is -2.35. The molecule has 132 valence electrons. The van der Waals surface area contributed by atoms with Gasteiger partial charge in [0, 0.05) is 31.7 Å². The number of nitrogens with one attached hydrogen (secondary N) is 1. The van der Waals surface area contributed by atoms with Crippen LogP contribution in [0.3, 0.4) is 0 Å². The van der Waals surface area contributed by atoms with Crippen molar-refractivity contribution in [3.05, 3.63) is 24.2 Å². The number of carbonyl (C=O) groups excluding carboxylic acids is 1. The van der Waals surface area contributed by atoms with Crippen LogP contribution in [-0.4, -0.2) is 47.5 Å². The predicted molar refractivity (Wildman–Crippen MR) is 92.8 cm³/mol. The van der Waals surface area contributed by atoms with E-state index in [0.29, 0.717) is 6.04 Å². The highest BCUT2D eigenvalue weighted by atomic mass is 16.3. The average Bonchev–Trinajstić information content (AvgIpc) is 3.36. The van der Waals surface area contributed by atoms with Gasteiger partial charge in [-0.05, 0) is 50.7 Å². The van der Waals surface area contributed by atoms with Crippen LogP contribution in [0.2, 0.25) is 0 Å². The molecule has 0 spiro atoms. The molecule has 2 amide bonds. The van der Waals surface area contributed by atoms with Crippen molar-refractivity contribution in [3.8, 4) is 0 Å². The number of nitrogens with zero attached hydrogens (tertiary/aromatic N) is 2. The summed E-state index contributed by atoms with van der Waals surface area (Å²) in [5.41, 5.74) is 0. The van der Waals surface area contributed by atoms with Crippen LogP contribution in [0.4, 0.5) is 4.79 Å². The molecular weight excluding hydrogens is 302 g/mol. The van der Waals surface area contributed by atoms with Crippen molar-refractivity contribution in [1.82, 2.24) is 15.1 Å². The normalized spacial score (nSPS) is 27.0. The summed E-state index contributed by atoms with van der Waals surface area (Å²) in [6.07, 6.45) is 11.1. The van der Waals surface area contributed by atoms with E-state index in [0.717, 1.165) is 63.5 Å². The number of piperidine rings is 1. The second-order valence-corrected chi connectivity index (χ2v) is 7.56. The number of rotatable bonds is 3. The number of hydrogen-bond acceptors (Lipinski definition) is 3. The first-order valence-corrected chi connectivity index (χ1v) is 9.66. The Morgan fingerprint density at radius 1 is 1.04 bits per heavy atom. The smallest absolute Gasteiger partial charge is 0.318 e. The van der Waals surface area contributed by atoms with Gasteiger partial charge in [-0.2, -0.15) is 0 Å². The van der Waals surface area contributed by atoms with Crippen LogP contribution in [0.1, 0.15) is 63.2 Å². The van der Waals surface area contributed by atoms with E-state index >= 15 is 0 Å². The highest BCUT2D eigenvalue weighted by Gasteiger charge is 2.34. The fourth-order valence-electron chi connectivity index (χ4n) is 4.23. The lowest BCUT2D eigenvalue weighted by atomic mass is 10.0. The minimum Gasteiger partial charge on any atom is -0.467 e. The Morgan fingerprint density at radius 2 is 1.88 bits per heavy atom. The van der Waals surface area contributed by atoms with Crippen LogP contribution in [0.25, 0.3) is 0 Å². The molecule has 2 aliphatic heterocycles. The third-order valence-electron chi connectivity index (χ3n) is 5.81. The molecule has 0 unspecified atom stereocenters. The topological polar surface area (TPSA) is 48.7 Å². The van der Waals surface area contributed by atoms with Crippen LogP contribution in [-0.2, 0) is 0 Å². The summed E-state index contributed by atoms with van der Waals surface area (Å²) in [4.78, 5) is 17.5. The summed E-state index contributed by atoms with van der Waals surface area (Å²) in [5.74, 6) is 0.926. The maximum absolute atomic E-state index is 12.9. The van der Waals surface area contributed by atoms with Crippen molar-refractivity contribution < 1.29 is 9.21 Å². The molecule has 5 heteroatoms. The maximum atomic E-state index is 12.9. The molecule has 0 bridgehead atoms. The summed E-state index contributed by atoms with van der Waals surface area (Å²) < 4.78 is 5.62. The van der Waals surface area contributed by atoms with Gasteiger partial charge in [-0.1, -0.05) is 12.8 Å². The zero-order valence-electron chi connectivity index (χ0n) is 14.5. The summed E-state index contributed by atoms with van der Waals surface area (Å²) >= 11 is 0. The first-order valence-electron chi connectivity index (χ1n) is 9.66. The zero-order valence-corrected chi connectivity index (χ0v) is 14.5. The van der Waals surface area contributed by atoms with Crippen molar-refractivity contribution in [2.75, 3.05) is 19.6 Å². The Morgan fingerprint density at radius 3 is 2.58 bits per heavy atom. The number of carbonyl (C=O) groups is 1. The van der Waals surface area contributed by atoms with Crippen molar-refractivity contribution in [1.29, 1.82) is 0 Å². The monoisotopic (exact) mass is 331 g/mol. The van der Waals surface area contributed by atoms with E-state index in [1.54, 1.807) is 6.26 Å². The Balaban J connectivity index is 1.36. The first kappa shape index (κ1) is 16.0. The van der Waals surface area contributed by atoms with Crippen molar-refractivity contribution >= 4 is 6.03 Å². The van der Waals surface area contributed by atoms with Crippen LogP contribution < -0.4 is 5.32 Å². The van der Waals surface area contributed by atoms with Gasteiger partial charge >= 0.3 is 6.03 Å². The van der Waals surface area contributed by atoms with E-state index in [4.69, 9.17) is 4.42 Å². The number of furan rings is 1. The number of urea groups is 1. The number of amides is 2. The fourth-order valence-corrected chi connectivity index (χ4v) is 4.23. The molecule has 0 aromatic carbocycles. The second-order valence-electron chi connectivity index (χ2n) is 7.56. The van der Waals surface area contributed by atoms with Gasteiger partial charge in [0.15, 0.2) is 0 Å². The highest BCUT2D eigenvalue weighted by Crippen LogP contribution is 2.31. The van der Waals surface area contributed by atoms with Crippen LogP contribution in [0, 0.1) is 0 Å². The summed E-state index contributed by atoms with van der Waals surface area (Å²) in [5, 5.41) is 3.31. The van der Waals surface area contributed by atoms with Gasteiger partial charge in [0.1, 0.15) is 5.76 Å². The molecule has 5 nitrogen and oxygen atoms in total. The SMILES string of the molecule is O=C(NC1CCN(C2CC2)CC1)N1CCCCC[C@@H]1c1ccco1. The van der Waals surface area contributed by atoms with Gasteiger partial charge < -0.3 is 19.5 Å². The van der Waals surface area contributed by atoms with E-state index in [1.807, 2.05) is 17.0 Å². The molecule has 2 saturated heterocycles. The zero-order chi connectivity index (χ0) is 16.4. The minimum atomic E-state index is 0.0917. The Hall–Kier alpha value is -1.49. The maximum Gasteiger partial charge on any atom is 0.318 e. The minimum absolute atomic E-state index is 0.0917. The first-order chi connectivity index (χ1) is 11.8. The molecule has 1 aromatic heterocycles. The van der Waals surface area contributed by atoms with Gasteiger partial charge in [-0.3, -0.25) is 0 Å². The number of likely N-dealkylation sites (tertiary alicyclic amines) is 2. The number of hydrogen-bond donors (Lipinski definition) is 1. The van der Waals surface area contributed by atoms with E-state index in [-0.39, 0.29) is 12.1 Å². The highest BCUT2D eigenvalue weighted by molar-refractivity contribution is 5.75. The molecule has 1 N–H and O–H groups in total. The van der Waals surface area contributed by atoms with Gasteiger partial charge in [0.25, 0.3) is 0 Å². The van der Waals surface area contributed by atoms with E-state index in [1.165, 1.54) is 19.3 Å². The molecule has 1 aromatic rings. The Kier molecular flexibility index (Phi) is 4.79. The quantitative estimate of drug-likeness (QED) is 0.922. The largest absolute Gasteiger partial charge is 0.467 e. The average molecular weight is 331 g/mol. The van der Waals surface area contributed by atoms with Crippen LogP contribution >= 0.6 is 0 Å². The molecule has 4 rings (SSSR count). The molecule has 3 fully saturated rings. The van der Waals surface area contributed by atoms with Crippen LogP contribution in [0.5, 0.6) is 0 Å². The molecule has 1 saturated carbocycles. The van der Waals surface area contributed by atoms with Crippen LogP contribution in [0.15, 0.2) is 22.8 Å². The fraction of sp³-hybridized carbons (Fsp3) is 0.737.